The van der Waals surface area contributed by atoms with Crippen molar-refractivity contribution in [1.29, 1.82) is 0 Å². The Balaban J connectivity index is 2.14. The van der Waals surface area contributed by atoms with E-state index in [1.165, 1.54) is 31.2 Å². The molecular formula is C17H29N3. The van der Waals surface area contributed by atoms with Crippen LogP contribution in [0, 0.1) is 19.3 Å². The monoisotopic (exact) mass is 275 g/mol. The standard InChI is InChI=1S/C17H29N3/c1-6-18-11-15-12(2)19-16(20-13(15)3)14-7-9-17(4,5)10-8-14/h14,18H,6-11H2,1-5H3. The Morgan fingerprint density at radius 2 is 1.65 bits per heavy atom. The third-order valence-electron chi connectivity index (χ3n) is 4.69. The molecule has 112 valence electrons. The molecule has 1 heterocycles. The molecule has 0 unspecified atom stereocenters. The normalized spacial score (nSPS) is 19.2. The van der Waals surface area contributed by atoms with Crippen LogP contribution >= 0.6 is 0 Å². The fourth-order valence-electron chi connectivity index (χ4n) is 3.11. The van der Waals surface area contributed by atoms with Crippen LogP contribution in [0.5, 0.6) is 0 Å². The third-order valence-corrected chi connectivity index (χ3v) is 4.69. The van der Waals surface area contributed by atoms with Crippen LogP contribution in [-0.2, 0) is 6.54 Å². The lowest BCUT2D eigenvalue weighted by Crippen LogP contribution is -2.22. The van der Waals surface area contributed by atoms with E-state index in [1.54, 1.807) is 0 Å². The van der Waals surface area contributed by atoms with Gasteiger partial charge in [0.1, 0.15) is 5.82 Å². The van der Waals surface area contributed by atoms with E-state index >= 15 is 0 Å². The smallest absolute Gasteiger partial charge is 0.131 e. The van der Waals surface area contributed by atoms with E-state index in [-0.39, 0.29) is 0 Å². The van der Waals surface area contributed by atoms with Crippen molar-refractivity contribution in [1.82, 2.24) is 15.3 Å². The Labute approximate surface area is 123 Å². The predicted molar refractivity (Wildman–Crippen MR) is 83.9 cm³/mol. The first kappa shape index (κ1) is 15.4. The molecule has 0 aliphatic heterocycles. The van der Waals surface area contributed by atoms with Gasteiger partial charge in [-0.25, -0.2) is 9.97 Å². The Hall–Kier alpha value is -0.960. The predicted octanol–water partition coefficient (Wildman–Crippen LogP) is 3.89. The van der Waals surface area contributed by atoms with Crippen molar-refractivity contribution in [3.05, 3.63) is 22.8 Å². The van der Waals surface area contributed by atoms with Crippen LogP contribution in [0.3, 0.4) is 0 Å². The number of hydrogen-bond acceptors (Lipinski definition) is 3. The second-order valence-electron chi connectivity index (χ2n) is 6.95. The molecule has 1 aromatic rings. The molecule has 0 saturated heterocycles. The summed E-state index contributed by atoms with van der Waals surface area (Å²) in [5, 5.41) is 3.38. The maximum atomic E-state index is 4.81. The molecule has 0 amide bonds. The lowest BCUT2D eigenvalue weighted by Gasteiger charge is -2.33. The maximum Gasteiger partial charge on any atom is 0.131 e. The zero-order chi connectivity index (χ0) is 14.8. The summed E-state index contributed by atoms with van der Waals surface area (Å²) < 4.78 is 0. The highest BCUT2D eigenvalue weighted by Gasteiger charge is 2.29. The fraction of sp³-hybridized carbons (Fsp3) is 0.765. The molecule has 3 heteroatoms. The lowest BCUT2D eigenvalue weighted by atomic mass is 9.73. The number of aryl methyl sites for hydroxylation is 2. The first-order chi connectivity index (χ1) is 9.43. The van der Waals surface area contributed by atoms with E-state index < -0.39 is 0 Å². The van der Waals surface area contributed by atoms with E-state index in [2.05, 4.69) is 39.9 Å². The molecule has 1 fully saturated rings. The van der Waals surface area contributed by atoms with Gasteiger partial charge in [-0.1, -0.05) is 20.8 Å². The van der Waals surface area contributed by atoms with Gasteiger partial charge >= 0.3 is 0 Å². The second kappa shape index (κ2) is 6.21. The Morgan fingerprint density at radius 1 is 1.10 bits per heavy atom. The summed E-state index contributed by atoms with van der Waals surface area (Å²) in [5.41, 5.74) is 4.08. The molecule has 1 aliphatic carbocycles. The van der Waals surface area contributed by atoms with E-state index in [4.69, 9.17) is 9.97 Å². The number of nitrogens with zero attached hydrogens (tertiary/aromatic N) is 2. The molecule has 0 atom stereocenters. The van der Waals surface area contributed by atoms with Crippen LogP contribution in [0.2, 0.25) is 0 Å². The van der Waals surface area contributed by atoms with Crippen molar-refractivity contribution < 1.29 is 0 Å². The molecule has 0 aromatic carbocycles. The van der Waals surface area contributed by atoms with Crippen LogP contribution in [0.1, 0.15) is 75.1 Å². The maximum absolute atomic E-state index is 4.81. The first-order valence-electron chi connectivity index (χ1n) is 7.97. The minimum absolute atomic E-state index is 0.506. The van der Waals surface area contributed by atoms with Gasteiger partial charge in [-0.05, 0) is 51.5 Å². The summed E-state index contributed by atoms with van der Waals surface area (Å²) >= 11 is 0. The van der Waals surface area contributed by atoms with Gasteiger partial charge < -0.3 is 5.32 Å². The molecule has 0 spiro atoms. The van der Waals surface area contributed by atoms with Crippen LogP contribution in [0.4, 0.5) is 0 Å². The van der Waals surface area contributed by atoms with E-state index in [1.807, 2.05) is 0 Å². The SMILES string of the molecule is CCNCc1c(C)nc(C2CCC(C)(C)CC2)nc1C. The van der Waals surface area contributed by atoms with Crippen molar-refractivity contribution >= 4 is 0 Å². The molecule has 1 saturated carbocycles. The van der Waals surface area contributed by atoms with Gasteiger partial charge in [0.05, 0.1) is 0 Å². The van der Waals surface area contributed by atoms with Gasteiger partial charge in [0.25, 0.3) is 0 Å². The summed E-state index contributed by atoms with van der Waals surface area (Å²) in [7, 11) is 0. The highest BCUT2D eigenvalue weighted by Crippen LogP contribution is 2.41. The lowest BCUT2D eigenvalue weighted by molar-refractivity contribution is 0.220. The van der Waals surface area contributed by atoms with Crippen LogP contribution in [0.25, 0.3) is 0 Å². The molecule has 0 radical (unpaired) electrons. The number of hydrogen-bond donors (Lipinski definition) is 1. The van der Waals surface area contributed by atoms with Gasteiger partial charge in [-0.15, -0.1) is 0 Å². The first-order valence-corrected chi connectivity index (χ1v) is 7.97. The van der Waals surface area contributed by atoms with Gasteiger partial charge in [-0.3, -0.25) is 0 Å². The molecule has 3 nitrogen and oxygen atoms in total. The largest absolute Gasteiger partial charge is 0.313 e. The minimum atomic E-state index is 0.506. The zero-order valence-electron chi connectivity index (χ0n) is 13.7. The molecule has 1 aliphatic rings. The summed E-state index contributed by atoms with van der Waals surface area (Å²) in [6.45, 7) is 13.0. The molecular weight excluding hydrogens is 246 g/mol. The van der Waals surface area contributed by atoms with E-state index in [0.29, 0.717) is 11.3 Å². The quantitative estimate of drug-likeness (QED) is 0.906. The Bertz CT molecular complexity index is 432. The Kier molecular flexibility index (Phi) is 4.79. The average Bonchev–Trinajstić information content (AvgIpc) is 2.37. The Morgan fingerprint density at radius 3 is 2.15 bits per heavy atom. The van der Waals surface area contributed by atoms with Crippen molar-refractivity contribution in [2.45, 2.75) is 72.8 Å². The van der Waals surface area contributed by atoms with E-state index in [0.717, 1.165) is 30.3 Å². The highest BCUT2D eigenvalue weighted by molar-refractivity contribution is 5.25. The summed E-state index contributed by atoms with van der Waals surface area (Å²) in [6, 6.07) is 0. The average molecular weight is 275 g/mol. The minimum Gasteiger partial charge on any atom is -0.313 e. The highest BCUT2D eigenvalue weighted by atomic mass is 14.9. The third kappa shape index (κ3) is 3.57. The number of nitrogens with one attached hydrogen (secondary N) is 1. The number of rotatable bonds is 4. The summed E-state index contributed by atoms with van der Waals surface area (Å²) in [4.78, 5) is 9.61. The van der Waals surface area contributed by atoms with Crippen molar-refractivity contribution in [3.63, 3.8) is 0 Å². The van der Waals surface area contributed by atoms with Crippen molar-refractivity contribution in [2.75, 3.05) is 6.54 Å². The van der Waals surface area contributed by atoms with Gasteiger partial charge in [0.15, 0.2) is 0 Å². The summed E-state index contributed by atoms with van der Waals surface area (Å²) in [6.07, 6.45) is 5.05. The van der Waals surface area contributed by atoms with Gasteiger partial charge in [0, 0.05) is 29.4 Å². The van der Waals surface area contributed by atoms with Crippen molar-refractivity contribution in [2.24, 2.45) is 5.41 Å². The van der Waals surface area contributed by atoms with E-state index in [9.17, 15) is 0 Å². The van der Waals surface area contributed by atoms with Crippen LogP contribution in [-0.4, -0.2) is 16.5 Å². The summed E-state index contributed by atoms with van der Waals surface area (Å²) in [5.74, 6) is 1.64. The topological polar surface area (TPSA) is 37.8 Å². The van der Waals surface area contributed by atoms with Gasteiger partial charge in [0.2, 0.25) is 0 Å². The van der Waals surface area contributed by atoms with Crippen molar-refractivity contribution in [3.8, 4) is 0 Å². The van der Waals surface area contributed by atoms with Crippen LogP contribution < -0.4 is 5.32 Å². The molecule has 1 aromatic heterocycles. The van der Waals surface area contributed by atoms with Crippen LogP contribution in [0.15, 0.2) is 0 Å². The fourth-order valence-corrected chi connectivity index (χ4v) is 3.11. The zero-order valence-corrected chi connectivity index (χ0v) is 13.7. The molecule has 2 rings (SSSR count). The van der Waals surface area contributed by atoms with Gasteiger partial charge in [-0.2, -0.15) is 0 Å². The molecule has 0 bridgehead atoms. The second-order valence-corrected chi connectivity index (χ2v) is 6.95. The molecule has 20 heavy (non-hydrogen) atoms. The number of aromatic nitrogens is 2. The molecule has 1 N–H and O–H groups in total.